The van der Waals surface area contributed by atoms with Gasteiger partial charge in [-0.25, -0.2) is 4.98 Å². The van der Waals surface area contributed by atoms with Crippen LogP contribution < -0.4 is 5.56 Å². The number of nitrogens with zero attached hydrogens (tertiary/aromatic N) is 3. The summed E-state index contributed by atoms with van der Waals surface area (Å²) in [6.07, 6.45) is 1.19. The van der Waals surface area contributed by atoms with Crippen LogP contribution in [-0.4, -0.2) is 39.5 Å². The molecule has 39 heavy (non-hydrogen) atoms. The molecule has 0 aliphatic heterocycles. The molecule has 1 unspecified atom stereocenters. The molecule has 7 heteroatoms. The summed E-state index contributed by atoms with van der Waals surface area (Å²) in [5.74, 6) is -0.0733. The minimum absolute atomic E-state index is 0.000773. The molecule has 0 spiro atoms. The van der Waals surface area contributed by atoms with Crippen molar-refractivity contribution in [3.8, 4) is 5.69 Å². The highest BCUT2D eigenvalue weighted by Gasteiger charge is 2.29. The predicted molar refractivity (Wildman–Crippen MR) is 153 cm³/mol. The second-order valence-electron chi connectivity index (χ2n) is 9.52. The Morgan fingerprint density at radius 2 is 1.69 bits per heavy atom. The number of hydrogen-bond acceptors (Lipinski definition) is 5. The van der Waals surface area contributed by atoms with E-state index in [0.717, 1.165) is 11.1 Å². The Morgan fingerprint density at radius 3 is 2.41 bits per heavy atom. The second-order valence-corrected chi connectivity index (χ2v) is 9.52. The Balaban J connectivity index is 1.82. The number of aromatic nitrogens is 2. The molecule has 0 saturated heterocycles. The summed E-state index contributed by atoms with van der Waals surface area (Å²) >= 11 is 0. The summed E-state index contributed by atoms with van der Waals surface area (Å²) in [4.78, 5) is 46.4. The standard InChI is InChI=1S/C32H35N3O4/c1-4-28(34(21-20-24-13-7-6-8-14-24)29(36)18-19-30(37)39-5-2)31-33-27-17-10-9-16-26(27)32(38)35(31)25-15-11-12-23(3)22-25/h6-17,22,28H,4-5,18-21H2,1-3H3. The van der Waals surface area contributed by atoms with Crippen LogP contribution in [0.15, 0.2) is 83.7 Å². The van der Waals surface area contributed by atoms with E-state index in [9.17, 15) is 14.4 Å². The monoisotopic (exact) mass is 525 g/mol. The number of esters is 1. The highest BCUT2D eigenvalue weighted by atomic mass is 16.5. The van der Waals surface area contributed by atoms with Gasteiger partial charge in [0, 0.05) is 13.0 Å². The summed E-state index contributed by atoms with van der Waals surface area (Å²) in [7, 11) is 0. The van der Waals surface area contributed by atoms with Crippen LogP contribution in [0.4, 0.5) is 0 Å². The molecule has 202 valence electrons. The van der Waals surface area contributed by atoms with Gasteiger partial charge in [-0.1, -0.05) is 61.5 Å². The van der Waals surface area contributed by atoms with Crippen molar-refractivity contribution in [3.63, 3.8) is 0 Å². The molecule has 0 bridgehead atoms. The van der Waals surface area contributed by atoms with E-state index in [1.165, 1.54) is 0 Å². The molecular weight excluding hydrogens is 490 g/mol. The maximum Gasteiger partial charge on any atom is 0.306 e. The molecule has 0 radical (unpaired) electrons. The van der Waals surface area contributed by atoms with Crippen LogP contribution in [0.5, 0.6) is 0 Å². The number of para-hydroxylation sites is 1. The van der Waals surface area contributed by atoms with E-state index in [2.05, 4.69) is 0 Å². The van der Waals surface area contributed by atoms with Crippen molar-refractivity contribution < 1.29 is 14.3 Å². The van der Waals surface area contributed by atoms with Crippen LogP contribution in [0.25, 0.3) is 16.6 Å². The van der Waals surface area contributed by atoms with Gasteiger partial charge in [0.2, 0.25) is 5.91 Å². The predicted octanol–water partition coefficient (Wildman–Crippen LogP) is 5.56. The summed E-state index contributed by atoms with van der Waals surface area (Å²) in [5.41, 5.74) is 3.22. The van der Waals surface area contributed by atoms with Gasteiger partial charge in [-0.15, -0.1) is 0 Å². The topological polar surface area (TPSA) is 81.5 Å². The summed E-state index contributed by atoms with van der Waals surface area (Å²) in [6.45, 7) is 6.40. The number of fused-ring (bicyclic) bond motifs is 1. The highest BCUT2D eigenvalue weighted by molar-refractivity contribution is 5.82. The van der Waals surface area contributed by atoms with Crippen LogP contribution in [0.2, 0.25) is 0 Å². The summed E-state index contributed by atoms with van der Waals surface area (Å²) in [5, 5.41) is 0.516. The molecule has 3 aromatic carbocycles. The van der Waals surface area contributed by atoms with Crippen molar-refractivity contribution in [3.05, 3.63) is 106 Å². The minimum atomic E-state index is -0.485. The zero-order valence-electron chi connectivity index (χ0n) is 22.8. The number of carbonyl (C=O) groups is 2. The van der Waals surface area contributed by atoms with E-state index in [4.69, 9.17) is 9.72 Å². The molecule has 4 aromatic rings. The van der Waals surface area contributed by atoms with Crippen LogP contribution in [-0.2, 0) is 20.7 Å². The second kappa shape index (κ2) is 13.0. The lowest BCUT2D eigenvalue weighted by Crippen LogP contribution is -2.40. The van der Waals surface area contributed by atoms with Gasteiger partial charge in [0.05, 0.1) is 35.7 Å². The lowest BCUT2D eigenvalue weighted by molar-refractivity contribution is -0.146. The van der Waals surface area contributed by atoms with Crippen molar-refractivity contribution >= 4 is 22.8 Å². The number of amides is 1. The molecule has 1 heterocycles. The Morgan fingerprint density at radius 1 is 0.949 bits per heavy atom. The number of aryl methyl sites for hydroxylation is 1. The Bertz CT molecular complexity index is 1500. The van der Waals surface area contributed by atoms with Gasteiger partial charge in [0.15, 0.2) is 0 Å². The van der Waals surface area contributed by atoms with Crippen molar-refractivity contribution in [1.82, 2.24) is 14.5 Å². The average Bonchev–Trinajstić information content (AvgIpc) is 2.94. The number of benzene rings is 3. The third kappa shape index (κ3) is 6.60. The van der Waals surface area contributed by atoms with Gasteiger partial charge in [0.25, 0.3) is 5.56 Å². The van der Waals surface area contributed by atoms with Crippen LogP contribution in [0.3, 0.4) is 0 Å². The van der Waals surface area contributed by atoms with Gasteiger partial charge in [-0.05, 0) is 62.1 Å². The largest absolute Gasteiger partial charge is 0.466 e. The molecule has 1 aromatic heterocycles. The molecule has 7 nitrogen and oxygen atoms in total. The number of carbonyl (C=O) groups excluding carboxylic acids is 2. The Kier molecular flexibility index (Phi) is 9.26. The first-order valence-electron chi connectivity index (χ1n) is 13.5. The molecule has 0 aliphatic carbocycles. The van der Waals surface area contributed by atoms with E-state index < -0.39 is 12.0 Å². The molecule has 1 atom stereocenters. The summed E-state index contributed by atoms with van der Waals surface area (Å²) < 4.78 is 6.69. The fourth-order valence-corrected chi connectivity index (χ4v) is 4.87. The normalized spacial score (nSPS) is 11.8. The smallest absolute Gasteiger partial charge is 0.306 e. The first-order chi connectivity index (χ1) is 18.9. The van der Waals surface area contributed by atoms with Crippen molar-refractivity contribution in [2.24, 2.45) is 0 Å². The lowest BCUT2D eigenvalue weighted by atomic mass is 10.1. The van der Waals surface area contributed by atoms with E-state index in [1.807, 2.05) is 86.6 Å². The zero-order valence-corrected chi connectivity index (χ0v) is 22.8. The molecule has 0 saturated carbocycles. The van der Waals surface area contributed by atoms with Crippen molar-refractivity contribution in [2.75, 3.05) is 13.2 Å². The maximum atomic E-state index is 13.9. The Labute approximate surface area is 229 Å². The van der Waals surface area contributed by atoms with Crippen LogP contribution >= 0.6 is 0 Å². The molecule has 0 aliphatic rings. The van der Waals surface area contributed by atoms with Crippen molar-refractivity contribution in [1.29, 1.82) is 0 Å². The van der Waals surface area contributed by atoms with Gasteiger partial charge in [-0.3, -0.25) is 19.0 Å². The number of hydrogen-bond donors (Lipinski definition) is 0. The number of rotatable bonds is 11. The molecular formula is C32H35N3O4. The maximum absolute atomic E-state index is 13.9. The van der Waals surface area contributed by atoms with Crippen LogP contribution in [0.1, 0.15) is 56.1 Å². The fourth-order valence-electron chi connectivity index (χ4n) is 4.87. The third-order valence-electron chi connectivity index (χ3n) is 6.78. The van der Waals surface area contributed by atoms with E-state index in [0.29, 0.717) is 41.8 Å². The lowest BCUT2D eigenvalue weighted by Gasteiger charge is -2.32. The van der Waals surface area contributed by atoms with Crippen LogP contribution in [0, 0.1) is 6.92 Å². The zero-order chi connectivity index (χ0) is 27.8. The van der Waals surface area contributed by atoms with Gasteiger partial charge in [0.1, 0.15) is 5.82 Å². The minimum Gasteiger partial charge on any atom is -0.466 e. The highest BCUT2D eigenvalue weighted by Crippen LogP contribution is 2.27. The SMILES string of the molecule is CCOC(=O)CCC(=O)N(CCc1ccccc1)C(CC)c1nc2ccccc2c(=O)n1-c1cccc(C)c1. The quantitative estimate of drug-likeness (QED) is 0.240. The average molecular weight is 526 g/mol. The van der Waals surface area contributed by atoms with Gasteiger partial charge >= 0.3 is 5.97 Å². The molecule has 0 N–H and O–H groups in total. The van der Waals surface area contributed by atoms with Gasteiger partial charge < -0.3 is 9.64 Å². The van der Waals surface area contributed by atoms with Gasteiger partial charge in [-0.2, -0.15) is 0 Å². The third-order valence-corrected chi connectivity index (χ3v) is 6.78. The van der Waals surface area contributed by atoms with E-state index in [1.54, 1.807) is 22.5 Å². The first kappa shape index (κ1) is 27.8. The van der Waals surface area contributed by atoms with Crippen molar-refractivity contribution in [2.45, 2.75) is 52.5 Å². The Hall–Kier alpha value is -4.26. The fraction of sp³-hybridized carbons (Fsp3) is 0.312. The molecule has 0 fully saturated rings. The number of ether oxygens (including phenoxy) is 1. The summed E-state index contributed by atoms with van der Waals surface area (Å²) in [6, 6.07) is 24.5. The molecule has 1 amide bonds. The van der Waals surface area contributed by atoms with E-state index in [-0.39, 0.29) is 30.9 Å². The van der Waals surface area contributed by atoms with E-state index >= 15 is 0 Å². The first-order valence-corrected chi connectivity index (χ1v) is 13.5. The molecule has 4 rings (SSSR count).